The van der Waals surface area contributed by atoms with Crippen LogP contribution in [0.2, 0.25) is 0 Å². The molecule has 0 aliphatic carbocycles. The Hall–Kier alpha value is 0.730. The fourth-order valence-electron chi connectivity index (χ4n) is 0. The van der Waals surface area contributed by atoms with Crippen LogP contribution in [-0.4, -0.2) is 44.2 Å². The second-order valence-corrected chi connectivity index (χ2v) is 0.0962. The SMILES string of the molecule is O=C[O-].[Ca+]. The topological polar surface area (TPSA) is 40.1 Å². The van der Waals surface area contributed by atoms with Gasteiger partial charge in [-0.15, -0.1) is 0 Å². The minimum absolute atomic E-state index is 0. The van der Waals surface area contributed by atoms with Crippen molar-refractivity contribution in [3.8, 4) is 0 Å². The first-order valence-corrected chi connectivity index (χ1v) is 0.471. The summed E-state index contributed by atoms with van der Waals surface area (Å²) in [6.07, 6.45) is 0. The van der Waals surface area contributed by atoms with Crippen molar-refractivity contribution in [3.63, 3.8) is 0 Å². The smallest absolute Gasteiger partial charge is 0.554 e. The molecule has 0 saturated carbocycles. The van der Waals surface area contributed by atoms with Crippen molar-refractivity contribution in [1.29, 1.82) is 0 Å². The molecule has 4 heavy (non-hydrogen) atoms. The van der Waals surface area contributed by atoms with E-state index in [1.807, 2.05) is 0 Å². The fraction of sp³-hybridized carbons (Fsp3) is 0. The van der Waals surface area contributed by atoms with Gasteiger partial charge in [-0.3, -0.25) is 0 Å². The molecule has 0 rings (SSSR count). The Balaban J connectivity index is 0. The summed E-state index contributed by atoms with van der Waals surface area (Å²) in [5, 5.41) is 8.25. The molecule has 0 unspecified atom stereocenters. The molecule has 0 aromatic rings. The van der Waals surface area contributed by atoms with Crippen LogP contribution >= 0.6 is 0 Å². The molecule has 0 atom stereocenters. The molecule has 0 aliphatic heterocycles. The second-order valence-electron chi connectivity index (χ2n) is 0.0962. The van der Waals surface area contributed by atoms with E-state index in [1.165, 1.54) is 0 Å². The molecular formula is CHCaO2. The first-order valence-electron chi connectivity index (χ1n) is 0.471. The number of carbonyl (C=O) groups is 1. The van der Waals surface area contributed by atoms with E-state index in [9.17, 15) is 0 Å². The molecule has 1 radical (unpaired) electrons. The van der Waals surface area contributed by atoms with Gasteiger partial charge < -0.3 is 9.90 Å². The quantitative estimate of drug-likeness (QED) is 0.252. The number of carboxylic acid groups (broad SMARTS) is 1. The van der Waals surface area contributed by atoms with Crippen molar-refractivity contribution >= 4 is 44.2 Å². The zero-order valence-electron chi connectivity index (χ0n) is 2.10. The van der Waals surface area contributed by atoms with Gasteiger partial charge in [0.1, 0.15) is 0 Å². The summed E-state index contributed by atoms with van der Waals surface area (Å²) in [4.78, 5) is 8.25. The van der Waals surface area contributed by atoms with Crippen LogP contribution in [0.3, 0.4) is 0 Å². The molecule has 0 amide bonds. The van der Waals surface area contributed by atoms with Crippen LogP contribution in [0.25, 0.3) is 0 Å². The van der Waals surface area contributed by atoms with Crippen LogP contribution in [0.1, 0.15) is 0 Å². The van der Waals surface area contributed by atoms with Gasteiger partial charge >= 0.3 is 37.7 Å². The average molecular weight is 85.1 g/mol. The summed E-state index contributed by atoms with van der Waals surface area (Å²) < 4.78 is 0. The Morgan fingerprint density at radius 2 is 1.75 bits per heavy atom. The standard InChI is InChI=1S/CH2O2.Ca/c2-1-3;/h1H,(H,2,3);/q;+1/p-1. The average Bonchev–Trinajstić information content (AvgIpc) is 0.918. The fourth-order valence-corrected chi connectivity index (χ4v) is 0. The van der Waals surface area contributed by atoms with Gasteiger partial charge in [0.05, 0.1) is 0 Å². The molecule has 2 nitrogen and oxygen atoms in total. The summed E-state index contributed by atoms with van der Waals surface area (Å²) in [6, 6.07) is 0. The molecule has 0 N–H and O–H groups in total. The van der Waals surface area contributed by atoms with Gasteiger partial charge in [-0.2, -0.15) is 0 Å². The number of hydrogen-bond donors (Lipinski definition) is 0. The van der Waals surface area contributed by atoms with E-state index in [2.05, 4.69) is 0 Å². The Kier molecular flexibility index (Phi) is 20.5. The summed E-state index contributed by atoms with van der Waals surface area (Å²) in [5.41, 5.74) is 0. The minimum atomic E-state index is -0.500. The zero-order valence-corrected chi connectivity index (χ0v) is 4.31. The van der Waals surface area contributed by atoms with E-state index < -0.39 is 6.47 Å². The molecule has 0 aromatic carbocycles. The molecule has 0 bridgehead atoms. The van der Waals surface area contributed by atoms with Gasteiger partial charge in [-0.1, -0.05) is 0 Å². The van der Waals surface area contributed by atoms with Crippen molar-refractivity contribution < 1.29 is 9.90 Å². The van der Waals surface area contributed by atoms with Crippen LogP contribution in [-0.2, 0) is 4.79 Å². The van der Waals surface area contributed by atoms with Gasteiger partial charge in [0.25, 0.3) is 0 Å². The summed E-state index contributed by atoms with van der Waals surface area (Å²) in [7, 11) is 0. The van der Waals surface area contributed by atoms with Gasteiger partial charge in [-0.25, -0.2) is 0 Å². The zero-order chi connectivity index (χ0) is 2.71. The maximum Gasteiger partial charge on any atom is 1.00 e. The van der Waals surface area contributed by atoms with Crippen LogP contribution < -0.4 is 5.11 Å². The largest absolute Gasteiger partial charge is 1.00 e. The van der Waals surface area contributed by atoms with Crippen LogP contribution in [0.15, 0.2) is 0 Å². The predicted molar refractivity (Wildman–Crippen MR) is 11.8 cm³/mol. The third kappa shape index (κ3) is 15.3. The number of rotatable bonds is 0. The van der Waals surface area contributed by atoms with Crippen molar-refractivity contribution in [2.45, 2.75) is 0 Å². The predicted octanol–water partition coefficient (Wildman–Crippen LogP) is -2.01. The second kappa shape index (κ2) is 9.29. The third-order valence-electron chi connectivity index (χ3n) is 0. The first-order chi connectivity index (χ1) is 1.41. The van der Waals surface area contributed by atoms with Crippen LogP contribution in [0.4, 0.5) is 0 Å². The maximum absolute atomic E-state index is 8.25. The Labute approximate surface area is 53.8 Å². The van der Waals surface area contributed by atoms with Gasteiger partial charge in [-0.05, 0) is 0 Å². The number of hydrogen-bond acceptors (Lipinski definition) is 2. The summed E-state index contributed by atoms with van der Waals surface area (Å²) in [6.45, 7) is -0.500. The van der Waals surface area contributed by atoms with E-state index in [1.54, 1.807) is 0 Å². The van der Waals surface area contributed by atoms with Crippen molar-refractivity contribution in [2.24, 2.45) is 0 Å². The van der Waals surface area contributed by atoms with E-state index in [0.29, 0.717) is 0 Å². The monoisotopic (exact) mass is 85.0 g/mol. The van der Waals surface area contributed by atoms with E-state index in [4.69, 9.17) is 9.90 Å². The Bertz CT molecular complexity index is 13.5. The van der Waals surface area contributed by atoms with Crippen molar-refractivity contribution in [3.05, 3.63) is 0 Å². The molecular weight excluding hydrogens is 84.1 g/mol. The van der Waals surface area contributed by atoms with Crippen molar-refractivity contribution in [2.75, 3.05) is 0 Å². The van der Waals surface area contributed by atoms with E-state index in [0.717, 1.165) is 0 Å². The molecule has 0 aliphatic rings. The maximum atomic E-state index is 8.25. The molecule has 0 saturated heterocycles. The van der Waals surface area contributed by atoms with E-state index in [-0.39, 0.29) is 37.7 Å². The van der Waals surface area contributed by atoms with Gasteiger partial charge in [0.15, 0.2) is 0 Å². The third-order valence-corrected chi connectivity index (χ3v) is 0. The first kappa shape index (κ1) is 8.83. The Morgan fingerprint density at radius 3 is 1.75 bits per heavy atom. The van der Waals surface area contributed by atoms with E-state index >= 15 is 0 Å². The van der Waals surface area contributed by atoms with Crippen molar-refractivity contribution in [1.82, 2.24) is 0 Å². The molecule has 0 aromatic heterocycles. The molecule has 0 heterocycles. The summed E-state index contributed by atoms with van der Waals surface area (Å²) in [5.74, 6) is 0. The molecule has 0 spiro atoms. The van der Waals surface area contributed by atoms with Gasteiger partial charge in [0, 0.05) is 6.47 Å². The normalized spacial score (nSPS) is 3.00. The molecule has 19 valence electrons. The number of carbonyl (C=O) groups excluding carboxylic acids is 1. The molecule has 3 heteroatoms. The van der Waals surface area contributed by atoms with Crippen LogP contribution in [0.5, 0.6) is 0 Å². The molecule has 0 fully saturated rings. The summed E-state index contributed by atoms with van der Waals surface area (Å²) >= 11 is 0. The Morgan fingerprint density at radius 1 is 1.75 bits per heavy atom. The van der Waals surface area contributed by atoms with Gasteiger partial charge in [0.2, 0.25) is 0 Å². The minimum Gasteiger partial charge on any atom is -0.554 e. The van der Waals surface area contributed by atoms with Crippen LogP contribution in [0, 0.1) is 0 Å².